The Labute approximate surface area is 149 Å². The number of carbonyl (C=O) groups is 1. The summed E-state index contributed by atoms with van der Waals surface area (Å²) in [6.45, 7) is 7.21. The van der Waals surface area contributed by atoms with Gasteiger partial charge < -0.3 is 19.2 Å². The quantitative estimate of drug-likeness (QED) is 0.723. The van der Waals surface area contributed by atoms with Crippen LogP contribution in [0.5, 0.6) is 0 Å². The number of ether oxygens (including phenoxy) is 1. The van der Waals surface area contributed by atoms with Crippen molar-refractivity contribution >= 4 is 12.0 Å². The zero-order valence-corrected chi connectivity index (χ0v) is 14.9. The molecule has 1 saturated heterocycles. The molecule has 3 rings (SSSR count). The van der Waals surface area contributed by atoms with E-state index >= 15 is 0 Å². The van der Waals surface area contributed by atoms with Crippen molar-refractivity contribution in [3.8, 4) is 0 Å². The molecule has 6 heteroatoms. The fourth-order valence-corrected chi connectivity index (χ4v) is 3.17. The van der Waals surface area contributed by atoms with E-state index in [4.69, 9.17) is 9.15 Å². The molecule has 2 atom stereocenters. The summed E-state index contributed by atoms with van der Waals surface area (Å²) >= 11 is 0. The van der Waals surface area contributed by atoms with Crippen LogP contribution >= 0.6 is 0 Å². The fourth-order valence-electron chi connectivity index (χ4n) is 3.17. The molecule has 2 fully saturated rings. The van der Waals surface area contributed by atoms with Gasteiger partial charge in [0.15, 0.2) is 0 Å². The normalized spacial score (nSPS) is 23.9. The minimum absolute atomic E-state index is 0.0346. The number of morpholine rings is 1. The first kappa shape index (κ1) is 18.2. The Balaban J connectivity index is 1.51. The van der Waals surface area contributed by atoms with Crippen LogP contribution in [0.4, 0.5) is 0 Å². The zero-order chi connectivity index (χ0) is 17.6. The molecule has 1 aliphatic carbocycles. The maximum absolute atomic E-state index is 12.4. The number of nitrogens with zero attached hydrogens (tertiary/aromatic N) is 2. The number of aliphatic hydroxyl groups excluding tert-OH is 1. The molecular weight excluding hydrogens is 320 g/mol. The summed E-state index contributed by atoms with van der Waals surface area (Å²) in [6, 6.07) is 3.91. The van der Waals surface area contributed by atoms with Crippen molar-refractivity contribution in [3.63, 3.8) is 0 Å². The van der Waals surface area contributed by atoms with E-state index in [0.29, 0.717) is 30.7 Å². The largest absolute Gasteiger partial charge is 0.461 e. The maximum atomic E-state index is 12.4. The molecule has 1 saturated carbocycles. The van der Waals surface area contributed by atoms with E-state index in [2.05, 4.69) is 11.8 Å². The highest BCUT2D eigenvalue weighted by molar-refractivity contribution is 5.91. The number of carbonyl (C=O) groups excluding carboxylic acids is 1. The van der Waals surface area contributed by atoms with Crippen LogP contribution in [0.15, 0.2) is 22.6 Å². The Morgan fingerprint density at radius 3 is 2.80 bits per heavy atom. The lowest BCUT2D eigenvalue weighted by molar-refractivity contribution is -0.126. The van der Waals surface area contributed by atoms with E-state index in [1.54, 1.807) is 11.0 Å². The van der Waals surface area contributed by atoms with Crippen molar-refractivity contribution in [1.29, 1.82) is 0 Å². The molecule has 0 bridgehead atoms. The minimum atomic E-state index is -0.0972. The fraction of sp³-hybridized carbons (Fsp3) is 0.632. The van der Waals surface area contributed by atoms with Crippen LogP contribution in [-0.2, 0) is 9.53 Å². The molecule has 0 spiro atoms. The average molecular weight is 348 g/mol. The monoisotopic (exact) mass is 348 g/mol. The van der Waals surface area contributed by atoms with E-state index in [-0.39, 0.29) is 12.5 Å². The van der Waals surface area contributed by atoms with Gasteiger partial charge in [0.1, 0.15) is 11.5 Å². The third-order valence-corrected chi connectivity index (χ3v) is 4.98. The van der Waals surface area contributed by atoms with Gasteiger partial charge in [0.05, 0.1) is 19.8 Å². The van der Waals surface area contributed by atoms with Crippen molar-refractivity contribution in [1.82, 2.24) is 9.80 Å². The summed E-state index contributed by atoms with van der Waals surface area (Å²) in [4.78, 5) is 16.4. The molecule has 1 aromatic heterocycles. The molecule has 2 aliphatic rings. The van der Waals surface area contributed by atoms with Gasteiger partial charge in [0, 0.05) is 44.7 Å². The van der Waals surface area contributed by atoms with E-state index in [9.17, 15) is 9.90 Å². The summed E-state index contributed by atoms with van der Waals surface area (Å²) in [5.74, 6) is 2.86. The SMILES string of the molecule is CC1CC1c1ccc(/C=C/C(=O)N(CCO)CCN2CCOCC2)o1. The molecule has 1 N–H and O–H groups in total. The molecule has 1 aromatic rings. The Bertz CT molecular complexity index is 592. The third kappa shape index (κ3) is 5.17. The zero-order valence-electron chi connectivity index (χ0n) is 14.9. The highest BCUT2D eigenvalue weighted by atomic mass is 16.5. The highest BCUT2D eigenvalue weighted by Gasteiger charge is 2.36. The third-order valence-electron chi connectivity index (χ3n) is 4.98. The number of aliphatic hydroxyl groups is 1. The van der Waals surface area contributed by atoms with Gasteiger partial charge >= 0.3 is 0 Å². The second-order valence-electron chi connectivity index (χ2n) is 6.90. The van der Waals surface area contributed by atoms with Crippen LogP contribution in [0, 0.1) is 5.92 Å². The number of hydrogen-bond acceptors (Lipinski definition) is 5. The molecule has 138 valence electrons. The van der Waals surface area contributed by atoms with Gasteiger partial charge in [-0.1, -0.05) is 6.92 Å². The molecular formula is C19H28N2O4. The second-order valence-corrected chi connectivity index (χ2v) is 6.90. The Hall–Kier alpha value is -1.63. The highest BCUT2D eigenvalue weighted by Crippen LogP contribution is 2.47. The van der Waals surface area contributed by atoms with Crippen LogP contribution in [0.2, 0.25) is 0 Å². The van der Waals surface area contributed by atoms with Gasteiger partial charge in [-0.2, -0.15) is 0 Å². The first-order valence-electron chi connectivity index (χ1n) is 9.15. The summed E-state index contributed by atoms with van der Waals surface area (Å²) in [6.07, 6.45) is 4.44. The van der Waals surface area contributed by atoms with E-state index in [1.807, 2.05) is 12.1 Å². The first-order valence-corrected chi connectivity index (χ1v) is 9.15. The van der Waals surface area contributed by atoms with Crippen LogP contribution < -0.4 is 0 Å². The Kier molecular flexibility index (Phi) is 6.29. The van der Waals surface area contributed by atoms with E-state index in [1.165, 1.54) is 12.5 Å². The molecule has 6 nitrogen and oxygen atoms in total. The standard InChI is InChI=1S/C19H28N2O4/c1-15-14-17(15)18-4-2-16(25-18)3-5-19(23)21(8-11-22)7-6-20-9-12-24-13-10-20/h2-5,15,17,22H,6-14H2,1H3/b5-3+. The molecule has 2 unspecified atom stereocenters. The molecule has 1 aliphatic heterocycles. The van der Waals surface area contributed by atoms with Gasteiger partial charge in [-0.3, -0.25) is 9.69 Å². The van der Waals surface area contributed by atoms with Gasteiger partial charge in [0.2, 0.25) is 5.91 Å². The van der Waals surface area contributed by atoms with Gasteiger partial charge in [0.25, 0.3) is 0 Å². The molecule has 0 radical (unpaired) electrons. The van der Waals surface area contributed by atoms with Gasteiger partial charge in [-0.05, 0) is 30.5 Å². The lowest BCUT2D eigenvalue weighted by Gasteiger charge is -2.29. The molecule has 0 aromatic carbocycles. The topological polar surface area (TPSA) is 66.2 Å². The summed E-state index contributed by atoms with van der Waals surface area (Å²) < 4.78 is 11.1. The van der Waals surface area contributed by atoms with E-state index in [0.717, 1.165) is 38.6 Å². The maximum Gasteiger partial charge on any atom is 0.246 e. The summed E-state index contributed by atoms with van der Waals surface area (Å²) in [5, 5.41) is 9.23. The number of hydrogen-bond donors (Lipinski definition) is 1. The molecule has 2 heterocycles. The van der Waals surface area contributed by atoms with Crippen molar-refractivity contribution in [2.75, 3.05) is 52.5 Å². The number of furan rings is 1. The van der Waals surface area contributed by atoms with Crippen LogP contribution in [0.3, 0.4) is 0 Å². The lowest BCUT2D eigenvalue weighted by atomic mass is 10.3. The van der Waals surface area contributed by atoms with Crippen LogP contribution in [-0.4, -0.2) is 73.4 Å². The van der Waals surface area contributed by atoms with Gasteiger partial charge in [-0.25, -0.2) is 0 Å². The molecule has 1 amide bonds. The average Bonchev–Trinajstić information content (AvgIpc) is 3.18. The van der Waals surface area contributed by atoms with Crippen molar-refractivity contribution < 1.29 is 19.1 Å². The summed E-state index contributed by atoms with van der Waals surface area (Å²) in [5.41, 5.74) is 0. The van der Waals surface area contributed by atoms with Crippen LogP contribution in [0.25, 0.3) is 6.08 Å². The number of rotatable bonds is 8. The Morgan fingerprint density at radius 1 is 1.36 bits per heavy atom. The van der Waals surface area contributed by atoms with Crippen molar-refractivity contribution in [2.45, 2.75) is 19.3 Å². The van der Waals surface area contributed by atoms with E-state index < -0.39 is 0 Å². The number of amides is 1. The Morgan fingerprint density at radius 2 is 2.12 bits per heavy atom. The smallest absolute Gasteiger partial charge is 0.246 e. The predicted octanol–water partition coefficient (Wildman–Crippen LogP) is 1.57. The van der Waals surface area contributed by atoms with Crippen LogP contribution in [0.1, 0.15) is 30.8 Å². The van der Waals surface area contributed by atoms with Crippen molar-refractivity contribution in [3.05, 3.63) is 29.7 Å². The lowest BCUT2D eigenvalue weighted by Crippen LogP contribution is -2.43. The summed E-state index contributed by atoms with van der Waals surface area (Å²) in [7, 11) is 0. The molecule has 25 heavy (non-hydrogen) atoms. The first-order chi connectivity index (χ1) is 12.2. The van der Waals surface area contributed by atoms with Gasteiger partial charge in [-0.15, -0.1) is 0 Å². The predicted molar refractivity (Wildman–Crippen MR) is 95.2 cm³/mol. The second kappa shape index (κ2) is 8.65. The minimum Gasteiger partial charge on any atom is -0.461 e. The van der Waals surface area contributed by atoms with Crippen molar-refractivity contribution in [2.24, 2.45) is 5.92 Å².